The van der Waals surface area contributed by atoms with E-state index in [1.165, 1.54) is 24.3 Å². The fourth-order valence-electron chi connectivity index (χ4n) is 6.47. The number of rotatable bonds is 11. The molecule has 3 aliphatic rings. The van der Waals surface area contributed by atoms with Crippen LogP contribution in [0.1, 0.15) is 65.7 Å². The zero-order valence-corrected chi connectivity index (χ0v) is 30.7. The second-order valence-electron chi connectivity index (χ2n) is 14.7. The minimum absolute atomic E-state index is 0.0705. The minimum atomic E-state index is -2.15. The van der Waals surface area contributed by atoms with Gasteiger partial charge in [-0.15, -0.1) is 0 Å². The van der Waals surface area contributed by atoms with Gasteiger partial charge in [-0.25, -0.2) is 14.4 Å². The summed E-state index contributed by atoms with van der Waals surface area (Å²) in [4.78, 5) is 40.0. The molecule has 6 rings (SSSR count). The highest BCUT2D eigenvalue weighted by atomic mass is 16.8. The second-order valence-corrected chi connectivity index (χ2v) is 14.7. The normalized spacial score (nSPS) is 30.5. The number of carbonyl (C=O) groups is 3. The number of aliphatic hydroxyl groups excluding tert-OH is 1. The molecule has 0 unspecified atom stereocenters. The van der Waals surface area contributed by atoms with Crippen LogP contribution in [-0.2, 0) is 42.6 Å². The van der Waals surface area contributed by atoms with Crippen molar-refractivity contribution in [3.8, 4) is 0 Å². The lowest BCUT2D eigenvalue weighted by atomic mass is 9.95. The highest BCUT2D eigenvalue weighted by Crippen LogP contribution is 2.41. The largest absolute Gasteiger partial charge is 0.459 e. The van der Waals surface area contributed by atoms with Crippen molar-refractivity contribution in [3.05, 3.63) is 108 Å². The first-order chi connectivity index (χ1) is 25.6. The van der Waals surface area contributed by atoms with E-state index in [1.807, 2.05) is 0 Å². The highest BCUT2D eigenvalue weighted by Gasteiger charge is 2.60. The van der Waals surface area contributed by atoms with Crippen LogP contribution in [0.4, 0.5) is 0 Å². The van der Waals surface area contributed by atoms with E-state index < -0.39 is 97.3 Å². The van der Waals surface area contributed by atoms with E-state index in [-0.39, 0.29) is 23.3 Å². The van der Waals surface area contributed by atoms with E-state index in [0.29, 0.717) is 0 Å². The minimum Gasteiger partial charge on any atom is -0.459 e. The van der Waals surface area contributed by atoms with Crippen LogP contribution >= 0.6 is 0 Å². The first-order valence-corrected chi connectivity index (χ1v) is 17.7. The van der Waals surface area contributed by atoms with E-state index in [9.17, 15) is 24.6 Å². The molecule has 3 aromatic carbocycles. The maximum Gasteiger partial charge on any atom is 0.338 e. The average molecular weight is 751 g/mol. The SMILES string of the molecule is CC(C)(C)O[C@H]1[C@@H]2OC(C)(C)O[C@@H]2CO[C@@]1(O)CO[C@@H]1O[C@H](COC(=O)c2ccccc2)[C@@H](OC(=O)c2ccccc2)[C@H](OC(=O)c2ccccc2)[C@@H]1O. The number of esters is 3. The van der Waals surface area contributed by atoms with Gasteiger partial charge in [0.2, 0.25) is 5.79 Å². The lowest BCUT2D eigenvalue weighted by Gasteiger charge is -2.47. The van der Waals surface area contributed by atoms with E-state index in [1.54, 1.807) is 101 Å². The zero-order chi connectivity index (χ0) is 38.7. The van der Waals surface area contributed by atoms with Crippen molar-refractivity contribution in [2.24, 2.45) is 0 Å². The molecule has 0 saturated carbocycles. The topological polar surface area (TPSA) is 175 Å². The summed E-state index contributed by atoms with van der Waals surface area (Å²) in [5.74, 6) is -5.51. The van der Waals surface area contributed by atoms with Crippen LogP contribution in [0.15, 0.2) is 91.0 Å². The molecule has 0 amide bonds. The van der Waals surface area contributed by atoms with Gasteiger partial charge in [-0.1, -0.05) is 54.6 Å². The van der Waals surface area contributed by atoms with Gasteiger partial charge in [-0.05, 0) is 71.0 Å². The number of benzene rings is 3. The van der Waals surface area contributed by atoms with Gasteiger partial charge in [0.15, 0.2) is 24.3 Å². The van der Waals surface area contributed by atoms with Crippen LogP contribution in [0.3, 0.4) is 0 Å². The first-order valence-electron chi connectivity index (χ1n) is 17.7. The summed E-state index contributed by atoms with van der Waals surface area (Å²) in [6.07, 6.45) is -10.4. The molecule has 0 radical (unpaired) electrons. The van der Waals surface area contributed by atoms with E-state index in [4.69, 9.17) is 42.6 Å². The molecule has 3 aliphatic heterocycles. The van der Waals surface area contributed by atoms with Crippen LogP contribution in [-0.4, -0.2) is 114 Å². The summed E-state index contributed by atoms with van der Waals surface area (Å²) < 4.78 is 53.9. The van der Waals surface area contributed by atoms with Gasteiger partial charge in [0, 0.05) is 0 Å². The number of carbonyl (C=O) groups excluding carboxylic acids is 3. The maximum atomic E-state index is 13.5. The van der Waals surface area contributed by atoms with Gasteiger partial charge in [-0.3, -0.25) is 0 Å². The summed E-state index contributed by atoms with van der Waals surface area (Å²) in [7, 11) is 0. The monoisotopic (exact) mass is 750 g/mol. The Hall–Kier alpha value is -4.25. The molecule has 9 atom stereocenters. The molecule has 14 heteroatoms. The lowest BCUT2D eigenvalue weighted by Crippen LogP contribution is -2.66. The molecule has 3 saturated heterocycles. The van der Waals surface area contributed by atoms with Gasteiger partial charge in [-0.2, -0.15) is 0 Å². The number of aliphatic hydroxyl groups is 2. The fraction of sp³-hybridized carbons (Fsp3) is 0.475. The van der Waals surface area contributed by atoms with Gasteiger partial charge in [0.1, 0.15) is 43.7 Å². The van der Waals surface area contributed by atoms with Gasteiger partial charge < -0.3 is 52.8 Å². The first kappa shape index (κ1) is 39.4. The average Bonchev–Trinajstić information content (AvgIpc) is 3.48. The smallest absolute Gasteiger partial charge is 0.338 e. The summed E-state index contributed by atoms with van der Waals surface area (Å²) in [5.41, 5.74) is -0.217. The van der Waals surface area contributed by atoms with E-state index in [2.05, 4.69) is 0 Å². The zero-order valence-electron chi connectivity index (χ0n) is 30.7. The third kappa shape index (κ3) is 9.33. The molecule has 3 aromatic rings. The Kier molecular flexibility index (Phi) is 11.9. The molecular weight excluding hydrogens is 704 g/mol. The van der Waals surface area contributed by atoms with Crippen molar-refractivity contribution in [1.82, 2.24) is 0 Å². The summed E-state index contributed by atoms with van der Waals surface area (Å²) in [6.45, 7) is 7.66. The van der Waals surface area contributed by atoms with Crippen LogP contribution in [0.5, 0.6) is 0 Å². The number of hydrogen-bond donors (Lipinski definition) is 2. The van der Waals surface area contributed by atoms with E-state index >= 15 is 0 Å². The molecular formula is C40H46O14. The van der Waals surface area contributed by atoms with E-state index in [0.717, 1.165) is 0 Å². The van der Waals surface area contributed by atoms with Crippen LogP contribution in [0.25, 0.3) is 0 Å². The summed E-state index contributed by atoms with van der Waals surface area (Å²) >= 11 is 0. The molecule has 290 valence electrons. The summed E-state index contributed by atoms with van der Waals surface area (Å²) in [5, 5.41) is 23.8. The quantitative estimate of drug-likeness (QED) is 0.214. The Balaban J connectivity index is 1.30. The second kappa shape index (κ2) is 16.2. The molecule has 54 heavy (non-hydrogen) atoms. The van der Waals surface area contributed by atoms with Crippen LogP contribution in [0, 0.1) is 0 Å². The molecule has 3 fully saturated rings. The Morgan fingerprint density at radius 3 is 1.83 bits per heavy atom. The molecule has 3 heterocycles. The Morgan fingerprint density at radius 1 is 0.778 bits per heavy atom. The van der Waals surface area contributed by atoms with Gasteiger partial charge >= 0.3 is 17.9 Å². The predicted octanol–water partition coefficient (Wildman–Crippen LogP) is 3.82. The fourth-order valence-corrected chi connectivity index (χ4v) is 6.47. The Bertz CT molecular complexity index is 1730. The van der Waals surface area contributed by atoms with Crippen molar-refractivity contribution < 1.29 is 67.2 Å². The number of hydrogen-bond acceptors (Lipinski definition) is 14. The third-order valence-electron chi connectivity index (χ3n) is 8.90. The van der Waals surface area contributed by atoms with Crippen molar-refractivity contribution in [1.29, 1.82) is 0 Å². The van der Waals surface area contributed by atoms with Crippen molar-refractivity contribution in [3.63, 3.8) is 0 Å². The Labute approximate surface area is 313 Å². The standard InChI is InChI=1S/C40H46O14/c1-38(2,3)54-33-31-28(52-39(4,5)53-31)22-48-40(33,45)23-47-37-29(41)32(51-36(44)26-19-13-8-14-20-26)30(50-35(43)25-17-11-7-12-18-25)27(49-37)21-46-34(42)24-15-9-6-10-16-24/h6-20,27-33,37,41,45H,21-23H2,1-5H3/t27-,28-,29+,30-,31-,32-,33+,37-,40+/m1/s1. The Morgan fingerprint density at radius 2 is 1.30 bits per heavy atom. The predicted molar refractivity (Wildman–Crippen MR) is 188 cm³/mol. The van der Waals surface area contributed by atoms with Crippen molar-refractivity contribution >= 4 is 17.9 Å². The summed E-state index contributed by atoms with van der Waals surface area (Å²) in [6, 6.07) is 24.2. The molecule has 0 aliphatic carbocycles. The molecule has 0 bridgehead atoms. The molecule has 0 spiro atoms. The lowest BCUT2D eigenvalue weighted by molar-refractivity contribution is -0.369. The van der Waals surface area contributed by atoms with Crippen molar-refractivity contribution in [2.75, 3.05) is 19.8 Å². The maximum absolute atomic E-state index is 13.5. The third-order valence-corrected chi connectivity index (χ3v) is 8.90. The molecule has 0 aromatic heterocycles. The highest BCUT2D eigenvalue weighted by molar-refractivity contribution is 5.91. The van der Waals surface area contributed by atoms with Gasteiger partial charge in [0.25, 0.3) is 0 Å². The molecule has 2 N–H and O–H groups in total. The van der Waals surface area contributed by atoms with Crippen LogP contribution in [0.2, 0.25) is 0 Å². The van der Waals surface area contributed by atoms with Crippen molar-refractivity contribution in [2.45, 2.75) is 101 Å². The van der Waals surface area contributed by atoms with Gasteiger partial charge in [0.05, 0.1) is 28.9 Å². The van der Waals surface area contributed by atoms with Crippen LogP contribution < -0.4 is 0 Å². The molecule has 14 nitrogen and oxygen atoms in total. The number of fused-ring (bicyclic) bond motifs is 1. The number of ether oxygens (including phenoxy) is 9.